The van der Waals surface area contributed by atoms with E-state index in [1.54, 1.807) is 35.4 Å². The molecular weight excluding hydrogens is 438 g/mol. The molecule has 0 radical (unpaired) electrons. The van der Waals surface area contributed by atoms with Gasteiger partial charge in [-0.05, 0) is 50.7 Å². The zero-order valence-corrected chi connectivity index (χ0v) is 19.7. The summed E-state index contributed by atoms with van der Waals surface area (Å²) < 4.78 is 34.2. The largest absolute Gasteiger partial charge is 0.488 e. The Kier molecular flexibility index (Phi) is 7.25. The first-order valence-electron chi connectivity index (χ1n) is 10.1. The molecule has 0 saturated carbocycles. The van der Waals surface area contributed by atoms with Crippen molar-refractivity contribution in [2.45, 2.75) is 30.2 Å². The number of rotatable bonds is 7. The van der Waals surface area contributed by atoms with Gasteiger partial charge in [-0.2, -0.15) is 0 Å². The third-order valence-corrected chi connectivity index (χ3v) is 8.00. The number of benzene rings is 1. The molecule has 170 valence electrons. The van der Waals surface area contributed by atoms with Crippen LogP contribution < -0.4 is 9.46 Å². The molecule has 0 spiro atoms. The fourth-order valence-electron chi connectivity index (χ4n) is 3.49. The van der Waals surface area contributed by atoms with Gasteiger partial charge in [-0.25, -0.2) is 8.42 Å². The Balaban J connectivity index is 2.00. The lowest BCUT2D eigenvalue weighted by atomic mass is 9.99. The Morgan fingerprint density at radius 1 is 1.35 bits per heavy atom. The molecule has 0 bridgehead atoms. The molecule has 3 rings (SSSR count). The van der Waals surface area contributed by atoms with E-state index in [2.05, 4.69) is 4.72 Å². The molecule has 0 aliphatic carbocycles. The molecule has 2 heterocycles. The molecule has 1 amide bonds. The topological polar surface area (TPSA) is 99.2 Å². The zero-order chi connectivity index (χ0) is 22.8. The number of carbonyl (C=O) groups is 1. The van der Waals surface area contributed by atoms with Crippen LogP contribution >= 0.6 is 11.3 Å². The van der Waals surface area contributed by atoms with Crippen molar-refractivity contribution in [1.29, 1.82) is 0 Å². The highest BCUT2D eigenvalue weighted by Gasteiger charge is 2.33. The number of carbonyl (C=O) groups excluding carboxylic acids is 1. The number of fused-ring (bicyclic) bond motifs is 1. The first kappa shape index (κ1) is 23.5. The Labute approximate surface area is 187 Å². The second kappa shape index (κ2) is 9.56. The number of hydrogen-bond donors (Lipinski definition) is 2. The Morgan fingerprint density at radius 2 is 2.10 bits per heavy atom. The van der Waals surface area contributed by atoms with E-state index in [1.165, 1.54) is 12.1 Å². The van der Waals surface area contributed by atoms with Gasteiger partial charge >= 0.3 is 0 Å². The van der Waals surface area contributed by atoms with Gasteiger partial charge in [-0.1, -0.05) is 13.0 Å². The van der Waals surface area contributed by atoms with Crippen LogP contribution in [0.1, 0.15) is 24.2 Å². The molecule has 0 saturated heterocycles. The van der Waals surface area contributed by atoms with Crippen LogP contribution in [0.2, 0.25) is 0 Å². The molecule has 0 fully saturated rings. The van der Waals surface area contributed by atoms with Gasteiger partial charge in [0.1, 0.15) is 16.1 Å². The first-order valence-corrected chi connectivity index (χ1v) is 12.4. The van der Waals surface area contributed by atoms with E-state index >= 15 is 0 Å². The number of thiophene rings is 1. The van der Waals surface area contributed by atoms with Gasteiger partial charge in [0.15, 0.2) is 0 Å². The fourth-order valence-corrected chi connectivity index (χ4v) is 5.53. The van der Waals surface area contributed by atoms with Crippen LogP contribution in [-0.2, 0) is 10.0 Å². The van der Waals surface area contributed by atoms with E-state index in [1.807, 2.05) is 25.9 Å². The van der Waals surface area contributed by atoms with Crippen molar-refractivity contribution in [3.8, 4) is 5.75 Å². The highest BCUT2D eigenvalue weighted by molar-refractivity contribution is 7.94. The minimum atomic E-state index is -3.74. The average Bonchev–Trinajstić information content (AvgIpc) is 3.26. The maximum atomic E-state index is 13.4. The van der Waals surface area contributed by atoms with Gasteiger partial charge in [-0.3, -0.25) is 9.52 Å². The Bertz CT molecular complexity index is 1010. The van der Waals surface area contributed by atoms with Crippen LogP contribution in [0.15, 0.2) is 39.9 Å². The van der Waals surface area contributed by atoms with E-state index in [-0.39, 0.29) is 46.0 Å². The second-order valence-electron chi connectivity index (χ2n) is 8.13. The summed E-state index contributed by atoms with van der Waals surface area (Å²) in [5, 5.41) is 11.4. The number of likely N-dealkylation sites (N-methyl/N-ethyl adjacent to an activating group) is 1. The first-order chi connectivity index (χ1) is 14.6. The average molecular weight is 468 g/mol. The van der Waals surface area contributed by atoms with Gasteiger partial charge in [-0.15, -0.1) is 11.3 Å². The van der Waals surface area contributed by atoms with E-state index in [9.17, 15) is 18.3 Å². The number of hydrogen-bond acceptors (Lipinski definition) is 7. The van der Waals surface area contributed by atoms with Crippen molar-refractivity contribution in [2.75, 3.05) is 38.5 Å². The summed E-state index contributed by atoms with van der Waals surface area (Å²) >= 11 is 1.12. The fraction of sp³-hybridized carbons (Fsp3) is 0.476. The van der Waals surface area contributed by atoms with Gasteiger partial charge in [0.05, 0.1) is 18.2 Å². The van der Waals surface area contributed by atoms with Crippen LogP contribution in [-0.4, -0.2) is 75.2 Å². The third-order valence-electron chi connectivity index (χ3n) is 5.22. The number of aliphatic hydroxyl groups is 1. The molecule has 31 heavy (non-hydrogen) atoms. The number of sulfonamides is 1. The molecule has 10 heteroatoms. The maximum Gasteiger partial charge on any atom is 0.271 e. The van der Waals surface area contributed by atoms with Crippen LogP contribution in [0.5, 0.6) is 5.75 Å². The minimum Gasteiger partial charge on any atom is -0.488 e. The van der Waals surface area contributed by atoms with Crippen LogP contribution in [0.4, 0.5) is 5.69 Å². The standard InChI is InChI=1S/C21H29N3O5S2/c1-14-11-24(15(2)13-25)21(26)17-10-16(22-31(27,28)20-6-5-9-30-20)7-8-18(17)29-19(14)12-23(3)4/h5-10,14-15,19,22,25H,11-13H2,1-4H3/t14-,15+,19-/m0/s1. The van der Waals surface area contributed by atoms with Crippen molar-refractivity contribution < 1.29 is 23.1 Å². The molecule has 2 aromatic rings. The summed E-state index contributed by atoms with van der Waals surface area (Å²) in [5.74, 6) is 0.131. The van der Waals surface area contributed by atoms with Crippen molar-refractivity contribution in [3.63, 3.8) is 0 Å². The van der Waals surface area contributed by atoms with E-state index in [4.69, 9.17) is 4.74 Å². The maximum absolute atomic E-state index is 13.4. The highest BCUT2D eigenvalue weighted by Crippen LogP contribution is 2.31. The Morgan fingerprint density at radius 3 is 2.71 bits per heavy atom. The number of anilines is 1. The lowest BCUT2D eigenvalue weighted by Gasteiger charge is -2.37. The molecule has 8 nitrogen and oxygen atoms in total. The van der Waals surface area contributed by atoms with Crippen LogP contribution in [0.25, 0.3) is 0 Å². The summed E-state index contributed by atoms with van der Waals surface area (Å²) in [6.45, 7) is 4.72. The number of nitrogens with zero attached hydrogens (tertiary/aromatic N) is 2. The Hall–Kier alpha value is -2.14. The lowest BCUT2D eigenvalue weighted by molar-refractivity contribution is 0.0363. The van der Waals surface area contributed by atoms with E-state index in [0.29, 0.717) is 18.8 Å². The smallest absolute Gasteiger partial charge is 0.271 e. The third kappa shape index (κ3) is 5.38. The molecule has 1 aliphatic rings. The van der Waals surface area contributed by atoms with Gasteiger partial charge < -0.3 is 19.6 Å². The summed E-state index contributed by atoms with van der Waals surface area (Å²) in [6, 6.07) is 7.53. The van der Waals surface area contributed by atoms with Crippen LogP contribution in [0, 0.1) is 5.92 Å². The van der Waals surface area contributed by atoms with Gasteiger partial charge in [0, 0.05) is 24.7 Å². The number of aliphatic hydroxyl groups excluding tert-OH is 1. The summed E-state index contributed by atoms with van der Waals surface area (Å²) in [4.78, 5) is 17.0. The predicted molar refractivity (Wildman–Crippen MR) is 121 cm³/mol. The monoisotopic (exact) mass is 467 g/mol. The quantitative estimate of drug-likeness (QED) is 0.649. The SMILES string of the molecule is C[C@H](CO)N1C[C@H](C)[C@H](CN(C)C)Oc2ccc(NS(=O)(=O)c3cccs3)cc2C1=O. The zero-order valence-electron chi connectivity index (χ0n) is 18.1. The molecular formula is C21H29N3O5S2. The minimum absolute atomic E-state index is 0.0329. The summed E-state index contributed by atoms with van der Waals surface area (Å²) in [6.07, 6.45) is -0.177. The summed E-state index contributed by atoms with van der Waals surface area (Å²) in [7, 11) is 0.168. The van der Waals surface area contributed by atoms with Crippen molar-refractivity contribution in [2.24, 2.45) is 5.92 Å². The lowest BCUT2D eigenvalue weighted by Crippen LogP contribution is -2.49. The molecule has 1 aromatic heterocycles. The van der Waals surface area contributed by atoms with E-state index < -0.39 is 10.0 Å². The second-order valence-corrected chi connectivity index (χ2v) is 11.0. The molecule has 3 atom stereocenters. The summed E-state index contributed by atoms with van der Waals surface area (Å²) in [5.41, 5.74) is 0.542. The van der Waals surface area contributed by atoms with Crippen molar-refractivity contribution >= 4 is 33.0 Å². The van der Waals surface area contributed by atoms with Crippen molar-refractivity contribution in [1.82, 2.24) is 9.80 Å². The number of nitrogens with one attached hydrogen (secondary N) is 1. The van der Waals surface area contributed by atoms with Crippen molar-refractivity contribution in [3.05, 3.63) is 41.3 Å². The number of amides is 1. The highest BCUT2D eigenvalue weighted by atomic mass is 32.2. The van der Waals surface area contributed by atoms with Gasteiger partial charge in [0.2, 0.25) is 0 Å². The number of ether oxygens (including phenoxy) is 1. The predicted octanol–water partition coefficient (Wildman–Crippen LogP) is 2.33. The van der Waals surface area contributed by atoms with E-state index in [0.717, 1.165) is 11.3 Å². The normalized spacial score (nSPS) is 20.6. The molecule has 2 N–H and O–H groups in total. The van der Waals surface area contributed by atoms with Gasteiger partial charge in [0.25, 0.3) is 15.9 Å². The molecule has 1 aliphatic heterocycles. The van der Waals surface area contributed by atoms with Crippen LogP contribution in [0.3, 0.4) is 0 Å². The molecule has 0 unspecified atom stereocenters. The molecule has 1 aromatic carbocycles.